The molecule has 0 amide bonds. The van der Waals surface area contributed by atoms with Gasteiger partial charge in [0.2, 0.25) is 0 Å². The van der Waals surface area contributed by atoms with Gasteiger partial charge >= 0.3 is 0 Å². The van der Waals surface area contributed by atoms with Gasteiger partial charge in [0, 0.05) is 0 Å². The van der Waals surface area contributed by atoms with Crippen LogP contribution < -0.4 is 0 Å². The first-order chi connectivity index (χ1) is 5.36. The molecule has 0 heterocycles. The van der Waals surface area contributed by atoms with Gasteiger partial charge in [-0.3, -0.25) is 0 Å². The highest BCUT2D eigenvalue weighted by Crippen LogP contribution is 2.07. The predicted octanol–water partition coefficient (Wildman–Crippen LogP) is 3.08. The van der Waals surface area contributed by atoms with E-state index in [9.17, 15) is 0 Å². The molecule has 1 aromatic carbocycles. The van der Waals surface area contributed by atoms with Crippen LogP contribution in [0.15, 0.2) is 24.8 Å². The molecular formula is C11H13. The second-order valence-corrected chi connectivity index (χ2v) is 2.63. The molecule has 0 fully saturated rings. The van der Waals surface area contributed by atoms with Gasteiger partial charge in [-0.05, 0) is 29.7 Å². The van der Waals surface area contributed by atoms with Gasteiger partial charge in [-0.2, -0.15) is 0 Å². The van der Waals surface area contributed by atoms with Crippen LogP contribution in [0.1, 0.15) is 24.5 Å². The van der Waals surface area contributed by atoms with Crippen LogP contribution in [0.5, 0.6) is 0 Å². The second-order valence-electron chi connectivity index (χ2n) is 2.63. The topological polar surface area (TPSA) is 0 Å². The lowest BCUT2D eigenvalue weighted by molar-refractivity contribution is 0.921. The van der Waals surface area contributed by atoms with Crippen molar-refractivity contribution in [3.8, 4) is 0 Å². The fourth-order valence-corrected chi connectivity index (χ4v) is 1.09. The summed E-state index contributed by atoms with van der Waals surface area (Å²) >= 11 is 0. The molecule has 0 bridgehead atoms. The van der Waals surface area contributed by atoms with E-state index in [2.05, 4.69) is 25.6 Å². The van der Waals surface area contributed by atoms with E-state index in [0.29, 0.717) is 0 Å². The summed E-state index contributed by atoms with van der Waals surface area (Å²) in [6.07, 6.45) is 4.18. The summed E-state index contributed by atoms with van der Waals surface area (Å²) in [6.45, 7) is 5.89. The van der Waals surface area contributed by atoms with E-state index < -0.39 is 0 Å². The van der Waals surface area contributed by atoms with Crippen molar-refractivity contribution in [3.05, 3.63) is 42.0 Å². The smallest absolute Gasteiger partial charge is 0.0175 e. The molecule has 0 aliphatic heterocycles. The molecule has 0 spiro atoms. The van der Waals surface area contributed by atoms with E-state index in [1.165, 1.54) is 12.0 Å². The van der Waals surface area contributed by atoms with Gasteiger partial charge in [0.05, 0.1) is 0 Å². The van der Waals surface area contributed by atoms with Crippen molar-refractivity contribution in [2.24, 2.45) is 0 Å². The molecule has 0 N–H and O–H groups in total. The largest absolute Gasteiger partial charge is 0.0985 e. The van der Waals surface area contributed by atoms with E-state index in [-0.39, 0.29) is 0 Å². The Morgan fingerprint density at radius 2 is 2.36 bits per heavy atom. The van der Waals surface area contributed by atoms with Crippen molar-refractivity contribution in [1.82, 2.24) is 0 Å². The quantitative estimate of drug-likeness (QED) is 0.613. The third-order valence-corrected chi connectivity index (χ3v) is 1.65. The van der Waals surface area contributed by atoms with E-state index in [1.54, 1.807) is 0 Å². The van der Waals surface area contributed by atoms with Crippen molar-refractivity contribution in [2.45, 2.75) is 19.8 Å². The first-order valence-electron chi connectivity index (χ1n) is 3.99. The number of benzene rings is 1. The normalized spacial score (nSPS) is 9.55. The SMILES string of the molecule is C=Cc1c[c]cc(CCC)c1. The molecule has 0 nitrogen and oxygen atoms in total. The summed E-state index contributed by atoms with van der Waals surface area (Å²) in [4.78, 5) is 0. The van der Waals surface area contributed by atoms with Crippen LogP contribution in [0.2, 0.25) is 0 Å². The van der Waals surface area contributed by atoms with Gasteiger partial charge < -0.3 is 0 Å². The molecule has 0 atom stereocenters. The number of hydrogen-bond acceptors (Lipinski definition) is 0. The van der Waals surface area contributed by atoms with Crippen LogP contribution in [0.25, 0.3) is 6.08 Å². The van der Waals surface area contributed by atoms with Gasteiger partial charge in [0.1, 0.15) is 0 Å². The van der Waals surface area contributed by atoms with Crippen LogP contribution >= 0.6 is 0 Å². The van der Waals surface area contributed by atoms with E-state index in [1.807, 2.05) is 18.2 Å². The van der Waals surface area contributed by atoms with Crippen molar-refractivity contribution in [1.29, 1.82) is 0 Å². The summed E-state index contributed by atoms with van der Waals surface area (Å²) < 4.78 is 0. The highest BCUT2D eigenvalue weighted by molar-refractivity contribution is 5.47. The van der Waals surface area contributed by atoms with Crippen LogP contribution in [0.4, 0.5) is 0 Å². The van der Waals surface area contributed by atoms with Gasteiger partial charge in [0.25, 0.3) is 0 Å². The van der Waals surface area contributed by atoms with Crippen LogP contribution in [-0.4, -0.2) is 0 Å². The maximum atomic E-state index is 3.71. The lowest BCUT2D eigenvalue weighted by Crippen LogP contribution is -1.82. The molecule has 0 aromatic heterocycles. The summed E-state index contributed by atoms with van der Waals surface area (Å²) in [5, 5.41) is 0. The molecule has 1 rings (SSSR count). The lowest BCUT2D eigenvalue weighted by atomic mass is 10.1. The molecule has 0 aliphatic carbocycles. The number of hydrogen-bond donors (Lipinski definition) is 0. The summed E-state index contributed by atoms with van der Waals surface area (Å²) in [7, 11) is 0. The average molecular weight is 145 g/mol. The van der Waals surface area contributed by atoms with Crippen molar-refractivity contribution >= 4 is 6.08 Å². The first-order valence-corrected chi connectivity index (χ1v) is 3.99. The molecule has 0 aliphatic rings. The molecular weight excluding hydrogens is 132 g/mol. The average Bonchev–Trinajstić information content (AvgIpc) is 2.06. The van der Waals surface area contributed by atoms with Gasteiger partial charge in [-0.25, -0.2) is 0 Å². The highest BCUT2D eigenvalue weighted by Gasteiger charge is 1.90. The van der Waals surface area contributed by atoms with Crippen LogP contribution in [-0.2, 0) is 6.42 Å². The zero-order valence-electron chi connectivity index (χ0n) is 6.93. The number of aryl methyl sites for hydroxylation is 1. The zero-order valence-corrected chi connectivity index (χ0v) is 6.93. The molecule has 0 heteroatoms. The third-order valence-electron chi connectivity index (χ3n) is 1.65. The summed E-state index contributed by atoms with van der Waals surface area (Å²) in [5.41, 5.74) is 2.51. The molecule has 57 valence electrons. The zero-order chi connectivity index (χ0) is 8.10. The lowest BCUT2D eigenvalue weighted by Gasteiger charge is -1.98. The van der Waals surface area contributed by atoms with Crippen molar-refractivity contribution in [2.75, 3.05) is 0 Å². The molecule has 0 saturated heterocycles. The Morgan fingerprint density at radius 1 is 1.55 bits per heavy atom. The third kappa shape index (κ3) is 2.23. The predicted molar refractivity (Wildman–Crippen MR) is 49.4 cm³/mol. The maximum Gasteiger partial charge on any atom is -0.0175 e. The number of rotatable bonds is 3. The molecule has 1 aromatic rings. The van der Waals surface area contributed by atoms with Gasteiger partial charge in [-0.15, -0.1) is 0 Å². The molecule has 0 saturated carbocycles. The van der Waals surface area contributed by atoms with Crippen LogP contribution in [0.3, 0.4) is 0 Å². The Labute approximate surface area is 68.6 Å². The minimum Gasteiger partial charge on any atom is -0.0985 e. The van der Waals surface area contributed by atoms with Gasteiger partial charge in [-0.1, -0.05) is 38.1 Å². The second kappa shape index (κ2) is 3.97. The molecule has 0 unspecified atom stereocenters. The minimum atomic E-state index is 1.14. The fraction of sp³-hybridized carbons (Fsp3) is 0.273. The Kier molecular flexibility index (Phi) is 2.91. The van der Waals surface area contributed by atoms with Crippen LogP contribution in [0, 0.1) is 6.07 Å². The van der Waals surface area contributed by atoms with E-state index in [0.717, 1.165) is 12.0 Å². The Morgan fingerprint density at radius 3 is 3.00 bits per heavy atom. The minimum absolute atomic E-state index is 1.14. The Bertz CT molecular complexity index is 236. The highest BCUT2D eigenvalue weighted by atomic mass is 14.0. The maximum absolute atomic E-state index is 3.71. The van der Waals surface area contributed by atoms with Gasteiger partial charge in [0.15, 0.2) is 0 Å². The molecule has 11 heavy (non-hydrogen) atoms. The Hall–Kier alpha value is -1.04. The van der Waals surface area contributed by atoms with E-state index in [4.69, 9.17) is 0 Å². The standard InChI is InChI=1S/C11H13/c1-3-6-11-8-5-7-10(4-2)9-11/h4,7-9H,2-3,6H2,1H3. The Balaban J connectivity index is 2.82. The fourth-order valence-electron chi connectivity index (χ4n) is 1.09. The van der Waals surface area contributed by atoms with Crippen molar-refractivity contribution in [3.63, 3.8) is 0 Å². The van der Waals surface area contributed by atoms with E-state index >= 15 is 0 Å². The van der Waals surface area contributed by atoms with Crippen molar-refractivity contribution < 1.29 is 0 Å². The molecule has 1 radical (unpaired) electrons. The first kappa shape index (κ1) is 8.06. The summed E-state index contributed by atoms with van der Waals surface area (Å²) in [6, 6.07) is 9.24. The summed E-state index contributed by atoms with van der Waals surface area (Å²) in [5.74, 6) is 0. The monoisotopic (exact) mass is 145 g/mol.